The maximum atomic E-state index is 13.0. The number of nitrogens with zero attached hydrogens (tertiary/aromatic N) is 1. The molecule has 2 N–H and O–H groups in total. The number of halogens is 1. The van der Waals surface area contributed by atoms with Crippen molar-refractivity contribution >= 4 is 34.2 Å². The molecule has 6 heteroatoms. The summed E-state index contributed by atoms with van der Waals surface area (Å²) in [5.41, 5.74) is 2.64. The Morgan fingerprint density at radius 3 is 2.81 bits per heavy atom. The lowest BCUT2D eigenvalue weighted by molar-refractivity contribution is 0.0696. The van der Waals surface area contributed by atoms with Crippen LogP contribution in [0.2, 0.25) is 5.02 Å². The number of amides is 1. The molecule has 1 aliphatic rings. The molecule has 0 radical (unpaired) electrons. The standard InChI is InChI=1S/C21H17ClN2O3/c22-18-5-2-4-14-16(18)10-23-11-17(14)20(25)24-19-6-1-3-12-7-8-13(21(26)27)9-15(12)19/h2,4-5,7-11,19H,1,3,6H2,(H,24,25)(H,26,27). The van der Waals surface area contributed by atoms with Crippen LogP contribution < -0.4 is 5.32 Å². The highest BCUT2D eigenvalue weighted by Crippen LogP contribution is 2.31. The van der Waals surface area contributed by atoms with Crippen LogP contribution in [0.5, 0.6) is 0 Å². The molecule has 0 saturated carbocycles. The smallest absolute Gasteiger partial charge is 0.335 e. The average Bonchev–Trinajstić information content (AvgIpc) is 2.67. The number of fused-ring (bicyclic) bond motifs is 2. The number of carboxylic acid groups (broad SMARTS) is 1. The number of nitrogens with one attached hydrogen (secondary N) is 1. The van der Waals surface area contributed by atoms with Gasteiger partial charge >= 0.3 is 5.97 Å². The van der Waals surface area contributed by atoms with Crippen LogP contribution in [-0.4, -0.2) is 22.0 Å². The highest BCUT2D eigenvalue weighted by molar-refractivity contribution is 6.35. The van der Waals surface area contributed by atoms with E-state index in [-0.39, 0.29) is 17.5 Å². The van der Waals surface area contributed by atoms with Gasteiger partial charge in [0.2, 0.25) is 0 Å². The number of aromatic carboxylic acids is 1. The molecule has 0 fully saturated rings. The van der Waals surface area contributed by atoms with Crippen LogP contribution in [0.15, 0.2) is 48.8 Å². The lowest BCUT2D eigenvalue weighted by atomic mass is 9.86. The fraction of sp³-hybridized carbons (Fsp3) is 0.190. The van der Waals surface area contributed by atoms with Crippen LogP contribution >= 0.6 is 11.6 Å². The number of benzene rings is 2. The summed E-state index contributed by atoms with van der Waals surface area (Å²) in [6.45, 7) is 0. The van der Waals surface area contributed by atoms with Crippen molar-refractivity contribution in [2.24, 2.45) is 0 Å². The molecule has 1 amide bonds. The molecule has 136 valence electrons. The molecular weight excluding hydrogens is 364 g/mol. The van der Waals surface area contributed by atoms with Crippen LogP contribution in [0.3, 0.4) is 0 Å². The van der Waals surface area contributed by atoms with E-state index in [1.54, 1.807) is 30.5 Å². The van der Waals surface area contributed by atoms with E-state index in [2.05, 4.69) is 10.3 Å². The first-order chi connectivity index (χ1) is 13.0. The summed E-state index contributed by atoms with van der Waals surface area (Å²) in [6.07, 6.45) is 5.76. The minimum absolute atomic E-state index is 0.227. The molecule has 2 aromatic carbocycles. The number of hydrogen-bond acceptors (Lipinski definition) is 3. The Kier molecular flexibility index (Phi) is 4.54. The van der Waals surface area contributed by atoms with Crippen LogP contribution in [-0.2, 0) is 6.42 Å². The summed E-state index contributed by atoms with van der Waals surface area (Å²) in [6, 6.07) is 10.3. The Morgan fingerprint density at radius 1 is 1.15 bits per heavy atom. The molecule has 0 bridgehead atoms. The number of aryl methyl sites for hydroxylation is 1. The molecule has 0 spiro atoms. The summed E-state index contributed by atoms with van der Waals surface area (Å²) in [5.74, 6) is -1.21. The Bertz CT molecular complexity index is 1060. The van der Waals surface area contributed by atoms with Crippen molar-refractivity contribution in [2.75, 3.05) is 0 Å². The highest BCUT2D eigenvalue weighted by atomic mass is 35.5. The van der Waals surface area contributed by atoms with Gasteiger partial charge in [-0.1, -0.05) is 29.8 Å². The van der Waals surface area contributed by atoms with E-state index in [0.717, 1.165) is 41.2 Å². The van der Waals surface area contributed by atoms with Gasteiger partial charge in [0, 0.05) is 22.8 Å². The molecule has 4 rings (SSSR count). The van der Waals surface area contributed by atoms with Gasteiger partial charge in [0.1, 0.15) is 0 Å². The van der Waals surface area contributed by atoms with E-state index >= 15 is 0 Å². The van der Waals surface area contributed by atoms with Crippen molar-refractivity contribution in [3.05, 3.63) is 76.1 Å². The van der Waals surface area contributed by atoms with Gasteiger partial charge in [-0.05, 0) is 54.0 Å². The lowest BCUT2D eigenvalue weighted by Gasteiger charge is -2.27. The number of carbonyl (C=O) groups is 2. The topological polar surface area (TPSA) is 79.3 Å². The van der Waals surface area contributed by atoms with E-state index in [9.17, 15) is 14.7 Å². The summed E-state index contributed by atoms with van der Waals surface area (Å²) >= 11 is 6.21. The largest absolute Gasteiger partial charge is 0.478 e. The summed E-state index contributed by atoms with van der Waals surface area (Å²) < 4.78 is 0. The van der Waals surface area contributed by atoms with Crippen molar-refractivity contribution in [1.82, 2.24) is 10.3 Å². The van der Waals surface area contributed by atoms with Crippen LogP contribution in [0.25, 0.3) is 10.8 Å². The summed E-state index contributed by atoms with van der Waals surface area (Å²) in [5, 5.41) is 14.3. The van der Waals surface area contributed by atoms with Gasteiger partial charge < -0.3 is 10.4 Å². The quantitative estimate of drug-likeness (QED) is 0.706. The molecule has 0 saturated heterocycles. The number of pyridine rings is 1. The zero-order chi connectivity index (χ0) is 19.0. The van der Waals surface area contributed by atoms with Gasteiger partial charge in [-0.3, -0.25) is 9.78 Å². The Morgan fingerprint density at radius 2 is 2.00 bits per heavy atom. The van der Waals surface area contributed by atoms with Crippen LogP contribution in [0, 0.1) is 0 Å². The van der Waals surface area contributed by atoms with Gasteiger partial charge in [0.25, 0.3) is 5.91 Å². The Hall–Kier alpha value is -2.92. The third kappa shape index (κ3) is 3.26. The van der Waals surface area contributed by atoms with Gasteiger partial charge in [-0.25, -0.2) is 4.79 Å². The molecule has 5 nitrogen and oxygen atoms in total. The predicted octanol–water partition coefficient (Wildman–Crippen LogP) is 4.39. The molecule has 1 aliphatic carbocycles. The molecule has 1 heterocycles. The van der Waals surface area contributed by atoms with Crippen LogP contribution in [0.4, 0.5) is 0 Å². The molecule has 27 heavy (non-hydrogen) atoms. The fourth-order valence-corrected chi connectivity index (χ4v) is 3.88. The summed E-state index contributed by atoms with van der Waals surface area (Å²) in [7, 11) is 0. The minimum Gasteiger partial charge on any atom is -0.478 e. The maximum Gasteiger partial charge on any atom is 0.335 e. The second-order valence-corrected chi connectivity index (χ2v) is 7.07. The Labute approximate surface area is 161 Å². The normalized spacial score (nSPS) is 16.0. The third-order valence-corrected chi connectivity index (χ3v) is 5.34. The molecule has 1 aromatic heterocycles. The maximum absolute atomic E-state index is 13.0. The molecule has 0 aliphatic heterocycles. The van der Waals surface area contributed by atoms with Gasteiger partial charge in [-0.2, -0.15) is 0 Å². The second kappa shape index (κ2) is 7.00. The first-order valence-electron chi connectivity index (χ1n) is 8.74. The zero-order valence-electron chi connectivity index (χ0n) is 14.4. The van der Waals surface area contributed by atoms with Gasteiger partial charge in [0.05, 0.1) is 17.2 Å². The number of carbonyl (C=O) groups excluding carboxylic acids is 1. The lowest BCUT2D eigenvalue weighted by Crippen LogP contribution is -2.31. The van der Waals surface area contributed by atoms with E-state index < -0.39 is 5.97 Å². The van der Waals surface area contributed by atoms with Crippen molar-refractivity contribution < 1.29 is 14.7 Å². The van der Waals surface area contributed by atoms with E-state index in [1.807, 2.05) is 12.1 Å². The van der Waals surface area contributed by atoms with Gasteiger partial charge in [0.15, 0.2) is 0 Å². The zero-order valence-corrected chi connectivity index (χ0v) is 15.2. The first kappa shape index (κ1) is 17.5. The van der Waals surface area contributed by atoms with E-state index in [1.165, 1.54) is 6.20 Å². The SMILES string of the molecule is O=C(O)c1ccc2c(c1)C(NC(=O)c1cncc3c(Cl)cccc13)CCC2. The number of rotatable bonds is 3. The average molecular weight is 381 g/mol. The molecule has 3 aromatic rings. The number of carboxylic acids is 1. The first-order valence-corrected chi connectivity index (χ1v) is 9.11. The van der Waals surface area contributed by atoms with E-state index in [0.29, 0.717) is 10.6 Å². The molecule has 1 atom stereocenters. The number of aromatic nitrogens is 1. The fourth-order valence-electron chi connectivity index (χ4n) is 3.66. The van der Waals surface area contributed by atoms with Crippen LogP contribution in [0.1, 0.15) is 50.7 Å². The predicted molar refractivity (Wildman–Crippen MR) is 103 cm³/mol. The third-order valence-electron chi connectivity index (χ3n) is 5.01. The van der Waals surface area contributed by atoms with Crippen molar-refractivity contribution in [3.8, 4) is 0 Å². The van der Waals surface area contributed by atoms with Gasteiger partial charge in [-0.15, -0.1) is 0 Å². The highest BCUT2D eigenvalue weighted by Gasteiger charge is 2.24. The van der Waals surface area contributed by atoms with E-state index in [4.69, 9.17) is 11.6 Å². The summed E-state index contributed by atoms with van der Waals surface area (Å²) in [4.78, 5) is 28.4. The molecule has 1 unspecified atom stereocenters. The number of hydrogen-bond donors (Lipinski definition) is 2. The molecular formula is C21H17ClN2O3. The van der Waals surface area contributed by atoms with Crippen molar-refractivity contribution in [2.45, 2.75) is 25.3 Å². The van der Waals surface area contributed by atoms with Crippen molar-refractivity contribution in [3.63, 3.8) is 0 Å². The second-order valence-electron chi connectivity index (χ2n) is 6.66. The Balaban J connectivity index is 1.68. The minimum atomic E-state index is -0.971. The van der Waals surface area contributed by atoms with Crippen molar-refractivity contribution in [1.29, 1.82) is 0 Å². The monoisotopic (exact) mass is 380 g/mol.